The first-order chi connectivity index (χ1) is 12.5. The lowest BCUT2D eigenvalue weighted by Crippen LogP contribution is -2.35. The van der Waals surface area contributed by atoms with Crippen molar-refractivity contribution in [2.75, 3.05) is 18.4 Å². The minimum absolute atomic E-state index is 0.210. The van der Waals surface area contributed by atoms with Crippen LogP contribution >= 0.6 is 23.1 Å². The van der Waals surface area contributed by atoms with Crippen LogP contribution in [0.3, 0.4) is 0 Å². The second kappa shape index (κ2) is 8.47. The lowest BCUT2D eigenvalue weighted by Gasteiger charge is -2.26. The number of nitrogens with one attached hydrogen (secondary N) is 1. The minimum Gasteiger partial charge on any atom is -0.325 e. The quantitative estimate of drug-likeness (QED) is 0.734. The fraction of sp³-hybridized carbons (Fsp3) is 0.438. The van der Waals surface area contributed by atoms with Crippen LogP contribution in [0.25, 0.3) is 0 Å². The van der Waals surface area contributed by atoms with E-state index in [1.54, 1.807) is 30.6 Å². The van der Waals surface area contributed by atoms with Gasteiger partial charge in [-0.15, -0.1) is 10.2 Å². The second-order valence-corrected chi connectivity index (χ2v) is 10.3. The van der Waals surface area contributed by atoms with Gasteiger partial charge < -0.3 is 5.32 Å². The molecular weight excluding hydrogens is 392 g/mol. The summed E-state index contributed by atoms with van der Waals surface area (Å²) in [5, 5.41) is 10.1. The number of carbonyl (C=O) groups excluding carboxylic acids is 1. The molecule has 1 aliphatic heterocycles. The van der Waals surface area contributed by atoms with E-state index >= 15 is 0 Å². The molecular formula is C16H20N4O3S3. The molecule has 0 spiro atoms. The van der Waals surface area contributed by atoms with E-state index in [0.717, 1.165) is 19.3 Å². The normalized spacial score (nSPS) is 17.0. The van der Waals surface area contributed by atoms with E-state index in [4.69, 9.17) is 0 Å². The first-order valence-corrected chi connectivity index (χ1v) is 11.5. The SMILES string of the molecule is C[C@@H](Sc1nncs1)C(=O)Nc1cccc(S(=O)(=O)N2CCCCC2)c1. The Kier molecular flexibility index (Phi) is 6.28. The number of amides is 1. The van der Waals surface area contributed by atoms with Gasteiger partial charge in [-0.3, -0.25) is 4.79 Å². The van der Waals surface area contributed by atoms with Crippen molar-refractivity contribution in [1.82, 2.24) is 14.5 Å². The zero-order chi connectivity index (χ0) is 18.6. The van der Waals surface area contributed by atoms with Gasteiger partial charge in [-0.2, -0.15) is 4.31 Å². The zero-order valence-corrected chi connectivity index (χ0v) is 16.7. The van der Waals surface area contributed by atoms with Crippen LogP contribution in [0, 0.1) is 0 Å². The largest absolute Gasteiger partial charge is 0.325 e. The third-order valence-electron chi connectivity index (χ3n) is 4.04. The number of nitrogens with zero attached hydrogens (tertiary/aromatic N) is 3. The Hall–Kier alpha value is -1.49. The van der Waals surface area contributed by atoms with Gasteiger partial charge in [0.25, 0.3) is 0 Å². The van der Waals surface area contributed by atoms with E-state index in [1.807, 2.05) is 0 Å². The van der Waals surface area contributed by atoms with Crippen molar-refractivity contribution >= 4 is 44.7 Å². The topological polar surface area (TPSA) is 92.3 Å². The highest BCUT2D eigenvalue weighted by atomic mass is 32.2. The molecule has 1 atom stereocenters. The number of thioether (sulfide) groups is 1. The summed E-state index contributed by atoms with van der Waals surface area (Å²) in [5.74, 6) is -0.210. The molecule has 140 valence electrons. The van der Waals surface area contributed by atoms with Gasteiger partial charge >= 0.3 is 0 Å². The Morgan fingerprint density at radius 1 is 1.31 bits per heavy atom. The number of carbonyl (C=O) groups is 1. The Bertz CT molecular complexity index is 849. The third-order valence-corrected chi connectivity index (χ3v) is 7.85. The Labute approximate surface area is 161 Å². The molecule has 2 aromatic rings. The summed E-state index contributed by atoms with van der Waals surface area (Å²) < 4.78 is 27.8. The maximum absolute atomic E-state index is 12.8. The van der Waals surface area contributed by atoms with Crippen LogP contribution in [0.2, 0.25) is 0 Å². The highest BCUT2D eigenvalue weighted by molar-refractivity contribution is 8.02. The number of sulfonamides is 1. The minimum atomic E-state index is -3.52. The van der Waals surface area contributed by atoms with Crippen molar-refractivity contribution in [3.63, 3.8) is 0 Å². The highest BCUT2D eigenvalue weighted by Gasteiger charge is 2.26. The van der Waals surface area contributed by atoms with Gasteiger partial charge in [-0.05, 0) is 38.0 Å². The van der Waals surface area contributed by atoms with Crippen molar-refractivity contribution in [3.05, 3.63) is 29.8 Å². The zero-order valence-electron chi connectivity index (χ0n) is 14.3. The maximum Gasteiger partial charge on any atom is 0.243 e. The fourth-order valence-electron chi connectivity index (χ4n) is 2.65. The molecule has 1 aliphatic rings. The van der Waals surface area contributed by atoms with Gasteiger partial charge in [0.05, 0.1) is 10.1 Å². The van der Waals surface area contributed by atoms with Gasteiger partial charge in [-0.1, -0.05) is 35.6 Å². The number of benzene rings is 1. The van der Waals surface area contributed by atoms with Crippen LogP contribution in [-0.4, -0.2) is 47.2 Å². The summed E-state index contributed by atoms with van der Waals surface area (Å²) in [5.41, 5.74) is 2.08. The second-order valence-electron chi connectivity index (χ2n) is 5.95. The molecule has 2 heterocycles. The number of anilines is 1. The molecule has 0 saturated carbocycles. The van der Waals surface area contributed by atoms with Crippen LogP contribution in [0.5, 0.6) is 0 Å². The van der Waals surface area contributed by atoms with Crippen LogP contribution in [0.1, 0.15) is 26.2 Å². The number of hydrogen-bond donors (Lipinski definition) is 1. The predicted molar refractivity (Wildman–Crippen MR) is 103 cm³/mol. The van der Waals surface area contributed by atoms with Gasteiger partial charge in [0.2, 0.25) is 15.9 Å². The Morgan fingerprint density at radius 2 is 2.08 bits per heavy atom. The Morgan fingerprint density at radius 3 is 2.77 bits per heavy atom. The molecule has 1 aromatic carbocycles. The van der Waals surface area contributed by atoms with E-state index < -0.39 is 10.0 Å². The van der Waals surface area contributed by atoms with Crippen molar-refractivity contribution in [1.29, 1.82) is 0 Å². The lowest BCUT2D eigenvalue weighted by molar-refractivity contribution is -0.115. The number of aromatic nitrogens is 2. The summed E-state index contributed by atoms with van der Waals surface area (Å²) in [7, 11) is -3.52. The molecule has 1 saturated heterocycles. The lowest BCUT2D eigenvalue weighted by atomic mass is 10.2. The molecule has 0 aliphatic carbocycles. The number of hydrogen-bond acceptors (Lipinski definition) is 7. The molecule has 0 unspecified atom stereocenters. The highest BCUT2D eigenvalue weighted by Crippen LogP contribution is 2.26. The van der Waals surface area contributed by atoms with Crippen molar-refractivity contribution in [3.8, 4) is 0 Å². The first-order valence-electron chi connectivity index (χ1n) is 8.31. The van der Waals surface area contributed by atoms with Crippen molar-refractivity contribution in [2.45, 2.75) is 40.7 Å². The van der Waals surface area contributed by atoms with Gasteiger partial charge in [-0.25, -0.2) is 8.42 Å². The summed E-state index contributed by atoms with van der Waals surface area (Å²) >= 11 is 2.69. The van der Waals surface area contributed by atoms with Crippen LogP contribution in [-0.2, 0) is 14.8 Å². The van der Waals surface area contributed by atoms with Crippen LogP contribution < -0.4 is 5.32 Å². The van der Waals surface area contributed by atoms with Crippen molar-refractivity contribution < 1.29 is 13.2 Å². The van der Waals surface area contributed by atoms with E-state index in [0.29, 0.717) is 23.1 Å². The van der Waals surface area contributed by atoms with E-state index in [1.165, 1.54) is 33.5 Å². The first kappa shape index (κ1) is 19.3. The van der Waals surface area contributed by atoms with E-state index in [2.05, 4.69) is 15.5 Å². The molecule has 0 bridgehead atoms. The van der Waals surface area contributed by atoms with Gasteiger partial charge in [0.15, 0.2) is 4.34 Å². The van der Waals surface area contributed by atoms with Gasteiger partial charge in [0.1, 0.15) is 5.51 Å². The molecule has 3 rings (SSSR count). The smallest absolute Gasteiger partial charge is 0.243 e. The predicted octanol–water partition coefficient (Wildman–Crippen LogP) is 2.83. The van der Waals surface area contributed by atoms with Crippen LogP contribution in [0.4, 0.5) is 5.69 Å². The number of piperidine rings is 1. The average Bonchev–Trinajstić information content (AvgIpc) is 3.15. The standard InChI is InChI=1S/C16H20N4O3S3/c1-12(25-16-19-17-11-24-16)15(21)18-13-6-5-7-14(10-13)26(22,23)20-8-3-2-4-9-20/h5-7,10-12H,2-4,8-9H2,1H3,(H,18,21)/t12-/m1/s1. The molecule has 1 amide bonds. The van der Waals surface area contributed by atoms with E-state index in [9.17, 15) is 13.2 Å². The summed E-state index contributed by atoms with van der Waals surface area (Å²) in [4.78, 5) is 12.6. The maximum atomic E-state index is 12.8. The summed E-state index contributed by atoms with van der Waals surface area (Å²) in [6.45, 7) is 2.87. The summed E-state index contributed by atoms with van der Waals surface area (Å²) in [6.07, 6.45) is 2.83. The van der Waals surface area contributed by atoms with Gasteiger partial charge in [0, 0.05) is 18.8 Å². The third kappa shape index (κ3) is 4.61. The molecule has 7 nitrogen and oxygen atoms in total. The molecule has 1 aromatic heterocycles. The average molecular weight is 413 g/mol. The molecule has 0 radical (unpaired) electrons. The van der Waals surface area contributed by atoms with Crippen LogP contribution in [0.15, 0.2) is 39.0 Å². The molecule has 10 heteroatoms. The molecule has 1 fully saturated rings. The number of rotatable bonds is 6. The van der Waals surface area contributed by atoms with E-state index in [-0.39, 0.29) is 16.1 Å². The summed E-state index contributed by atoms with van der Waals surface area (Å²) in [6, 6.07) is 6.42. The molecule has 26 heavy (non-hydrogen) atoms. The fourth-order valence-corrected chi connectivity index (χ4v) is 5.84. The Balaban J connectivity index is 1.69. The molecule has 1 N–H and O–H groups in total. The monoisotopic (exact) mass is 412 g/mol. The van der Waals surface area contributed by atoms with Crippen molar-refractivity contribution in [2.24, 2.45) is 0 Å².